The quantitative estimate of drug-likeness (QED) is 0.459. The zero-order valence-electron chi connectivity index (χ0n) is 8.81. The van der Waals surface area contributed by atoms with Crippen LogP contribution < -0.4 is 0 Å². The Morgan fingerprint density at radius 3 is 2.47 bits per heavy atom. The molecule has 0 N–H and O–H groups in total. The van der Waals surface area contributed by atoms with Gasteiger partial charge in [0.05, 0.1) is 10.9 Å². The summed E-state index contributed by atoms with van der Waals surface area (Å²) in [7, 11) is 0. The zero-order chi connectivity index (χ0) is 13.2. The first-order valence-corrected chi connectivity index (χ1v) is 5.26. The molecule has 0 aromatic heterocycles. The Labute approximate surface area is 100 Å². The first-order valence-electron chi connectivity index (χ1n) is 4.82. The highest BCUT2D eigenvalue weighted by atomic mass is 35.5. The van der Waals surface area contributed by atoms with E-state index >= 15 is 0 Å². The van der Waals surface area contributed by atoms with Crippen LogP contribution in [0, 0.1) is 5.82 Å². The molecule has 1 nitrogen and oxygen atoms in total. The van der Waals surface area contributed by atoms with Crippen molar-refractivity contribution in [2.45, 2.75) is 24.9 Å². The summed E-state index contributed by atoms with van der Waals surface area (Å²) >= 11 is 5.60. The predicted molar refractivity (Wildman–Crippen MR) is 55.7 cm³/mol. The van der Waals surface area contributed by atoms with Crippen molar-refractivity contribution in [1.29, 1.82) is 0 Å². The smallest absolute Gasteiger partial charge is 0.292 e. The van der Waals surface area contributed by atoms with E-state index in [-0.39, 0.29) is 6.42 Å². The molecular weight excluding hydrogens is 260 g/mol. The van der Waals surface area contributed by atoms with E-state index < -0.39 is 34.3 Å². The molecule has 94 valence electrons. The van der Waals surface area contributed by atoms with Crippen molar-refractivity contribution in [2.75, 3.05) is 0 Å². The second kappa shape index (κ2) is 5.04. The van der Waals surface area contributed by atoms with Crippen LogP contribution in [0.2, 0.25) is 0 Å². The standard InChI is InChI=1S/C11H9ClF4O/c1-2-9(12)10(17)7-4-3-6(13)5-8(7)11(14,15)16/h3-5,9H,2H2,1H3. The van der Waals surface area contributed by atoms with Crippen molar-refractivity contribution < 1.29 is 22.4 Å². The molecule has 0 radical (unpaired) electrons. The summed E-state index contributed by atoms with van der Waals surface area (Å²) in [6.45, 7) is 1.58. The molecule has 0 amide bonds. The molecule has 1 atom stereocenters. The lowest BCUT2D eigenvalue weighted by molar-refractivity contribution is -0.138. The van der Waals surface area contributed by atoms with E-state index in [0.717, 1.165) is 12.1 Å². The molecule has 17 heavy (non-hydrogen) atoms. The minimum absolute atomic E-state index is 0.203. The highest BCUT2D eigenvalue weighted by Gasteiger charge is 2.36. The predicted octanol–water partition coefficient (Wildman–Crippen LogP) is 4.04. The van der Waals surface area contributed by atoms with Crippen molar-refractivity contribution in [3.05, 3.63) is 35.1 Å². The molecule has 1 aromatic rings. The Morgan fingerprint density at radius 1 is 1.41 bits per heavy atom. The van der Waals surface area contributed by atoms with Crippen molar-refractivity contribution in [3.63, 3.8) is 0 Å². The molecule has 0 aliphatic carbocycles. The van der Waals surface area contributed by atoms with Crippen LogP contribution >= 0.6 is 11.6 Å². The fraction of sp³-hybridized carbons (Fsp3) is 0.364. The van der Waals surface area contributed by atoms with Gasteiger partial charge in [-0.3, -0.25) is 4.79 Å². The lowest BCUT2D eigenvalue weighted by atomic mass is 10.00. The molecule has 0 heterocycles. The number of carbonyl (C=O) groups is 1. The van der Waals surface area contributed by atoms with Crippen LogP contribution in [0.25, 0.3) is 0 Å². The van der Waals surface area contributed by atoms with Gasteiger partial charge in [-0.05, 0) is 24.6 Å². The zero-order valence-corrected chi connectivity index (χ0v) is 9.57. The highest BCUT2D eigenvalue weighted by molar-refractivity contribution is 6.34. The van der Waals surface area contributed by atoms with Crippen molar-refractivity contribution in [1.82, 2.24) is 0 Å². The summed E-state index contributed by atoms with van der Waals surface area (Å²) in [6, 6.07) is 1.92. The average Bonchev–Trinajstić information content (AvgIpc) is 2.25. The van der Waals surface area contributed by atoms with Crippen LogP contribution in [0.1, 0.15) is 29.3 Å². The Morgan fingerprint density at radius 2 is 2.00 bits per heavy atom. The van der Waals surface area contributed by atoms with E-state index in [1.54, 1.807) is 6.92 Å². The molecule has 6 heteroatoms. The number of hydrogen-bond donors (Lipinski definition) is 0. The summed E-state index contributed by atoms with van der Waals surface area (Å²) in [5.41, 5.74) is -1.89. The van der Waals surface area contributed by atoms with E-state index in [9.17, 15) is 22.4 Å². The number of benzene rings is 1. The Bertz CT molecular complexity index is 428. The van der Waals surface area contributed by atoms with E-state index in [4.69, 9.17) is 11.6 Å². The minimum atomic E-state index is -4.78. The molecule has 0 saturated carbocycles. The number of hydrogen-bond acceptors (Lipinski definition) is 1. The third-order valence-electron chi connectivity index (χ3n) is 2.20. The third-order valence-corrected chi connectivity index (χ3v) is 2.70. The van der Waals surface area contributed by atoms with E-state index in [0.29, 0.717) is 6.07 Å². The van der Waals surface area contributed by atoms with Gasteiger partial charge in [-0.2, -0.15) is 13.2 Å². The van der Waals surface area contributed by atoms with Gasteiger partial charge < -0.3 is 0 Å². The maximum atomic E-state index is 12.8. The number of alkyl halides is 4. The summed E-state index contributed by atoms with van der Waals surface area (Å²) in [5.74, 6) is -1.89. The van der Waals surface area contributed by atoms with Gasteiger partial charge in [-0.25, -0.2) is 4.39 Å². The fourth-order valence-electron chi connectivity index (χ4n) is 1.32. The maximum absolute atomic E-state index is 12.8. The van der Waals surface area contributed by atoms with Crippen molar-refractivity contribution >= 4 is 17.4 Å². The third kappa shape index (κ3) is 3.19. The first kappa shape index (κ1) is 14.0. The van der Waals surface area contributed by atoms with Crippen LogP contribution in [0.5, 0.6) is 0 Å². The van der Waals surface area contributed by atoms with Gasteiger partial charge in [-0.1, -0.05) is 6.92 Å². The molecule has 0 spiro atoms. The average molecular weight is 269 g/mol. The van der Waals surface area contributed by atoms with Crippen molar-refractivity contribution in [2.24, 2.45) is 0 Å². The minimum Gasteiger partial charge on any atom is -0.292 e. The molecule has 1 unspecified atom stereocenters. The molecular formula is C11H9ClF4O. The SMILES string of the molecule is CCC(Cl)C(=O)c1ccc(F)cc1C(F)(F)F. The number of rotatable bonds is 3. The van der Waals surface area contributed by atoms with Crippen LogP contribution in [-0.2, 0) is 6.18 Å². The van der Waals surface area contributed by atoms with Gasteiger partial charge in [0, 0.05) is 5.56 Å². The molecule has 1 aromatic carbocycles. The van der Waals surface area contributed by atoms with Gasteiger partial charge >= 0.3 is 6.18 Å². The first-order chi connectivity index (χ1) is 7.77. The number of ketones is 1. The Kier molecular flexibility index (Phi) is 4.14. The van der Waals surface area contributed by atoms with Gasteiger partial charge in [0.2, 0.25) is 0 Å². The van der Waals surface area contributed by atoms with Gasteiger partial charge in [-0.15, -0.1) is 11.6 Å². The molecule has 0 fully saturated rings. The van der Waals surface area contributed by atoms with E-state index in [1.165, 1.54) is 0 Å². The summed E-state index contributed by atoms with van der Waals surface area (Å²) in [4.78, 5) is 11.6. The molecule has 0 saturated heterocycles. The molecule has 0 aliphatic rings. The Hall–Kier alpha value is -1.10. The van der Waals surface area contributed by atoms with E-state index in [1.807, 2.05) is 0 Å². The molecule has 0 aliphatic heterocycles. The molecule has 0 bridgehead atoms. The largest absolute Gasteiger partial charge is 0.417 e. The topological polar surface area (TPSA) is 17.1 Å². The number of halogens is 5. The van der Waals surface area contributed by atoms with E-state index in [2.05, 4.69) is 0 Å². The van der Waals surface area contributed by atoms with Crippen LogP contribution in [0.15, 0.2) is 18.2 Å². The lowest BCUT2D eigenvalue weighted by Gasteiger charge is -2.13. The number of carbonyl (C=O) groups excluding carboxylic acids is 1. The lowest BCUT2D eigenvalue weighted by Crippen LogP contribution is -2.19. The normalized spacial score (nSPS) is 13.5. The van der Waals surface area contributed by atoms with Gasteiger partial charge in [0.15, 0.2) is 5.78 Å². The second-order valence-electron chi connectivity index (χ2n) is 3.43. The highest BCUT2D eigenvalue weighted by Crippen LogP contribution is 2.33. The summed E-state index contributed by atoms with van der Waals surface area (Å²) < 4.78 is 50.6. The Balaban J connectivity index is 3.29. The number of Topliss-reactive ketones (excluding diaryl/α,β-unsaturated/α-hetero) is 1. The second-order valence-corrected chi connectivity index (χ2v) is 3.95. The van der Waals surface area contributed by atoms with Gasteiger partial charge in [0.1, 0.15) is 5.82 Å². The molecule has 1 rings (SSSR count). The summed E-state index contributed by atoms with van der Waals surface area (Å²) in [5, 5.41) is -1.04. The van der Waals surface area contributed by atoms with Crippen LogP contribution in [0.3, 0.4) is 0 Å². The van der Waals surface area contributed by atoms with Crippen LogP contribution in [-0.4, -0.2) is 11.2 Å². The fourth-order valence-corrected chi connectivity index (χ4v) is 1.44. The van der Waals surface area contributed by atoms with Crippen molar-refractivity contribution in [3.8, 4) is 0 Å². The van der Waals surface area contributed by atoms with Gasteiger partial charge in [0.25, 0.3) is 0 Å². The summed E-state index contributed by atoms with van der Waals surface area (Å²) in [6.07, 6.45) is -4.58. The monoisotopic (exact) mass is 268 g/mol. The maximum Gasteiger partial charge on any atom is 0.417 e. The van der Waals surface area contributed by atoms with Crippen LogP contribution in [0.4, 0.5) is 17.6 Å².